The molecular formula is C14H10O. The van der Waals surface area contributed by atoms with Crippen LogP contribution in [0, 0.1) is 0 Å². The van der Waals surface area contributed by atoms with E-state index in [2.05, 4.69) is 36.4 Å². The average Bonchev–Trinajstić information content (AvgIpc) is 2.87. The van der Waals surface area contributed by atoms with Crippen molar-refractivity contribution in [3.8, 4) is 5.75 Å². The lowest BCUT2D eigenvalue weighted by molar-refractivity contribution is 0.360. The van der Waals surface area contributed by atoms with Gasteiger partial charge in [0.05, 0.1) is 6.61 Å². The van der Waals surface area contributed by atoms with Crippen LogP contribution < -0.4 is 4.74 Å². The van der Waals surface area contributed by atoms with Crippen LogP contribution in [0.2, 0.25) is 0 Å². The van der Waals surface area contributed by atoms with E-state index in [1.165, 1.54) is 27.5 Å². The fourth-order valence-electron chi connectivity index (χ4n) is 2.65. The third-order valence-electron chi connectivity index (χ3n) is 3.31. The first-order chi connectivity index (χ1) is 7.43. The van der Waals surface area contributed by atoms with E-state index >= 15 is 0 Å². The van der Waals surface area contributed by atoms with Crippen molar-refractivity contribution in [2.75, 3.05) is 6.61 Å². The van der Waals surface area contributed by atoms with Gasteiger partial charge in [0, 0.05) is 11.8 Å². The van der Waals surface area contributed by atoms with E-state index in [1.54, 1.807) is 0 Å². The fourth-order valence-corrected chi connectivity index (χ4v) is 2.65. The molecule has 72 valence electrons. The van der Waals surface area contributed by atoms with Crippen LogP contribution in [0.4, 0.5) is 0 Å². The molecule has 0 unspecified atom stereocenters. The molecule has 1 heterocycles. The fraction of sp³-hybridized carbons (Fsp3) is 0.143. The van der Waals surface area contributed by atoms with Crippen LogP contribution >= 0.6 is 0 Å². The average molecular weight is 194 g/mol. The van der Waals surface area contributed by atoms with Gasteiger partial charge in [-0.1, -0.05) is 30.4 Å². The van der Waals surface area contributed by atoms with Gasteiger partial charge in [0.25, 0.3) is 0 Å². The predicted octanol–water partition coefficient (Wildman–Crippen LogP) is 3.26. The van der Waals surface area contributed by atoms with E-state index in [4.69, 9.17) is 4.74 Å². The van der Waals surface area contributed by atoms with Crippen molar-refractivity contribution in [1.29, 1.82) is 0 Å². The molecule has 1 aliphatic heterocycles. The highest BCUT2D eigenvalue weighted by atomic mass is 16.5. The third kappa shape index (κ3) is 0.834. The summed E-state index contributed by atoms with van der Waals surface area (Å²) in [5, 5.41) is 2.64. The van der Waals surface area contributed by atoms with E-state index in [-0.39, 0.29) is 0 Å². The Balaban J connectivity index is 2.27. The summed E-state index contributed by atoms with van der Waals surface area (Å²) in [6, 6.07) is 8.72. The highest BCUT2D eigenvalue weighted by Crippen LogP contribution is 2.41. The van der Waals surface area contributed by atoms with Gasteiger partial charge in [-0.3, -0.25) is 0 Å². The third-order valence-corrected chi connectivity index (χ3v) is 3.31. The van der Waals surface area contributed by atoms with Crippen molar-refractivity contribution in [2.24, 2.45) is 0 Å². The molecule has 2 aromatic rings. The molecule has 0 saturated heterocycles. The normalized spacial score (nSPS) is 15.7. The van der Waals surface area contributed by atoms with Gasteiger partial charge in [-0.05, 0) is 28.1 Å². The van der Waals surface area contributed by atoms with Crippen molar-refractivity contribution >= 4 is 22.9 Å². The number of benzene rings is 2. The summed E-state index contributed by atoms with van der Waals surface area (Å²) < 4.78 is 5.72. The second-order valence-electron chi connectivity index (χ2n) is 4.16. The minimum atomic E-state index is 0.835. The van der Waals surface area contributed by atoms with Gasteiger partial charge in [-0.2, -0.15) is 0 Å². The van der Waals surface area contributed by atoms with Gasteiger partial charge in [0.1, 0.15) is 5.75 Å². The summed E-state index contributed by atoms with van der Waals surface area (Å²) in [4.78, 5) is 0. The van der Waals surface area contributed by atoms with Gasteiger partial charge < -0.3 is 4.74 Å². The van der Waals surface area contributed by atoms with Crippen molar-refractivity contribution in [2.45, 2.75) is 6.42 Å². The first-order valence-electron chi connectivity index (χ1n) is 5.33. The molecule has 1 nitrogen and oxygen atoms in total. The Bertz CT molecular complexity index is 608. The second kappa shape index (κ2) is 2.43. The van der Waals surface area contributed by atoms with Crippen molar-refractivity contribution < 1.29 is 4.74 Å². The number of rotatable bonds is 0. The van der Waals surface area contributed by atoms with Gasteiger partial charge in [0.15, 0.2) is 0 Å². The Morgan fingerprint density at radius 1 is 1.07 bits per heavy atom. The number of hydrogen-bond donors (Lipinski definition) is 0. The molecule has 15 heavy (non-hydrogen) atoms. The molecule has 0 N–H and O–H groups in total. The molecule has 1 heteroatoms. The molecule has 0 fully saturated rings. The molecule has 0 aromatic heterocycles. The summed E-state index contributed by atoms with van der Waals surface area (Å²) in [6.07, 6.45) is 5.44. The summed E-state index contributed by atoms with van der Waals surface area (Å²) in [5.74, 6) is 1.11. The number of fused-ring (bicyclic) bond motifs is 2. The van der Waals surface area contributed by atoms with Crippen molar-refractivity contribution in [1.82, 2.24) is 0 Å². The summed E-state index contributed by atoms with van der Waals surface area (Å²) in [7, 11) is 0. The van der Waals surface area contributed by atoms with Gasteiger partial charge in [0.2, 0.25) is 0 Å². The van der Waals surface area contributed by atoms with Gasteiger partial charge in [-0.15, -0.1) is 0 Å². The lowest BCUT2D eigenvalue weighted by atomic mass is 9.99. The molecular weight excluding hydrogens is 184 g/mol. The van der Waals surface area contributed by atoms with Crippen LogP contribution in [0.1, 0.15) is 16.7 Å². The Hall–Kier alpha value is -1.76. The highest BCUT2D eigenvalue weighted by Gasteiger charge is 2.20. The van der Waals surface area contributed by atoms with E-state index in [0.717, 1.165) is 18.8 Å². The van der Waals surface area contributed by atoms with E-state index in [1.807, 2.05) is 0 Å². The number of ether oxygens (including phenoxy) is 1. The van der Waals surface area contributed by atoms with Crippen molar-refractivity contribution in [3.05, 3.63) is 41.0 Å². The molecule has 0 spiro atoms. The summed E-state index contributed by atoms with van der Waals surface area (Å²) in [6.45, 7) is 0.835. The molecule has 0 radical (unpaired) electrons. The monoisotopic (exact) mass is 194 g/mol. The van der Waals surface area contributed by atoms with Crippen LogP contribution in [-0.4, -0.2) is 6.61 Å². The lowest BCUT2D eigenvalue weighted by Crippen LogP contribution is -1.87. The van der Waals surface area contributed by atoms with Crippen LogP contribution in [-0.2, 0) is 6.42 Å². The van der Waals surface area contributed by atoms with Gasteiger partial charge in [-0.25, -0.2) is 0 Å². The molecule has 2 aliphatic rings. The summed E-state index contributed by atoms with van der Waals surface area (Å²) >= 11 is 0. The first kappa shape index (κ1) is 7.52. The zero-order valence-corrected chi connectivity index (χ0v) is 8.29. The van der Waals surface area contributed by atoms with E-state index in [0.29, 0.717) is 0 Å². The minimum Gasteiger partial charge on any atom is -0.492 e. The molecule has 0 amide bonds. The Morgan fingerprint density at radius 2 is 2.00 bits per heavy atom. The maximum atomic E-state index is 5.72. The number of hydrogen-bond acceptors (Lipinski definition) is 1. The van der Waals surface area contributed by atoms with E-state index in [9.17, 15) is 0 Å². The smallest absolute Gasteiger partial charge is 0.130 e. The predicted molar refractivity (Wildman–Crippen MR) is 62.1 cm³/mol. The van der Waals surface area contributed by atoms with Gasteiger partial charge >= 0.3 is 0 Å². The molecule has 0 atom stereocenters. The lowest BCUT2D eigenvalue weighted by Gasteiger charge is -2.07. The SMILES string of the molecule is C1=Cc2cc3c(c4cccc1c24)OCC3. The molecule has 2 aromatic carbocycles. The molecule has 0 bridgehead atoms. The maximum absolute atomic E-state index is 5.72. The minimum absolute atomic E-state index is 0.835. The van der Waals surface area contributed by atoms with Crippen LogP contribution in [0.25, 0.3) is 22.9 Å². The second-order valence-corrected chi connectivity index (χ2v) is 4.16. The zero-order valence-electron chi connectivity index (χ0n) is 8.29. The largest absolute Gasteiger partial charge is 0.492 e. The Morgan fingerprint density at radius 3 is 3.00 bits per heavy atom. The highest BCUT2D eigenvalue weighted by molar-refractivity contribution is 6.07. The zero-order chi connectivity index (χ0) is 9.83. The molecule has 4 rings (SSSR count). The topological polar surface area (TPSA) is 9.23 Å². The molecule has 0 saturated carbocycles. The Kier molecular flexibility index (Phi) is 1.22. The van der Waals surface area contributed by atoms with Crippen LogP contribution in [0.5, 0.6) is 5.75 Å². The van der Waals surface area contributed by atoms with Crippen molar-refractivity contribution in [3.63, 3.8) is 0 Å². The van der Waals surface area contributed by atoms with Crippen LogP contribution in [0.15, 0.2) is 24.3 Å². The first-order valence-corrected chi connectivity index (χ1v) is 5.33. The standard InChI is InChI=1S/C14H10O/c1-2-9-4-5-10-8-11-6-7-15-14(11)12(3-1)13(9)10/h1-5,8H,6-7H2. The van der Waals surface area contributed by atoms with Crippen LogP contribution in [0.3, 0.4) is 0 Å². The maximum Gasteiger partial charge on any atom is 0.130 e. The quantitative estimate of drug-likeness (QED) is 0.533. The Labute approximate surface area is 88.0 Å². The van der Waals surface area contributed by atoms with E-state index < -0.39 is 0 Å². The summed E-state index contributed by atoms with van der Waals surface area (Å²) in [5.41, 5.74) is 4.03. The molecule has 1 aliphatic carbocycles.